The summed E-state index contributed by atoms with van der Waals surface area (Å²) < 4.78 is 0. The Morgan fingerprint density at radius 2 is 2.04 bits per heavy atom. The van der Waals surface area contributed by atoms with Crippen molar-refractivity contribution in [2.24, 2.45) is 0 Å². The number of carboxylic acids is 1. The van der Waals surface area contributed by atoms with E-state index in [1.54, 1.807) is 6.08 Å². The molecule has 1 aromatic heterocycles. The molecule has 0 bridgehead atoms. The number of carbonyl (C=O) groups is 1. The van der Waals surface area contributed by atoms with Gasteiger partial charge in [0.2, 0.25) is 5.16 Å². The highest BCUT2D eigenvalue weighted by Crippen LogP contribution is 2.28. The normalized spacial score (nSPS) is 11.8. The first-order valence-corrected chi connectivity index (χ1v) is 8.49. The molecule has 2 aromatic carbocycles. The minimum atomic E-state index is -1.24. The van der Waals surface area contributed by atoms with Crippen molar-refractivity contribution in [1.29, 1.82) is 0 Å². The number of aromatic nitrogens is 3. The lowest BCUT2D eigenvalue weighted by Crippen LogP contribution is -2.23. The zero-order chi connectivity index (χ0) is 16.9. The molecule has 3 rings (SSSR count). The highest BCUT2D eigenvalue weighted by molar-refractivity contribution is 8.04. The first kappa shape index (κ1) is 16.3. The van der Waals surface area contributed by atoms with Gasteiger partial charge in [-0.2, -0.15) is 0 Å². The standard InChI is InChI=1S/C18H17N3O2S/c1-2-6-16-19-18(21-20-16)24-15(17(22)23)11-13-9-5-8-12-7-3-4-10-14(12)13/h3-5,7-11H,2,6H2,1H3,(H,22,23)(H,19,20,21)/p-1/b15-11-. The Morgan fingerprint density at radius 1 is 1.25 bits per heavy atom. The largest absolute Gasteiger partial charge is 0.544 e. The van der Waals surface area contributed by atoms with Crippen molar-refractivity contribution in [2.45, 2.75) is 24.9 Å². The van der Waals surface area contributed by atoms with Crippen LogP contribution in [0, 0.1) is 0 Å². The Kier molecular flexibility index (Phi) is 4.96. The number of fused-ring (bicyclic) bond motifs is 1. The van der Waals surface area contributed by atoms with Crippen molar-refractivity contribution in [3.05, 3.63) is 58.8 Å². The summed E-state index contributed by atoms with van der Waals surface area (Å²) in [5, 5.41) is 20.8. The van der Waals surface area contributed by atoms with Crippen molar-refractivity contribution < 1.29 is 9.90 Å². The zero-order valence-corrected chi connectivity index (χ0v) is 14.0. The van der Waals surface area contributed by atoms with E-state index in [1.807, 2.05) is 49.4 Å². The van der Waals surface area contributed by atoms with E-state index in [0.717, 1.165) is 46.8 Å². The van der Waals surface area contributed by atoms with Crippen molar-refractivity contribution in [3.63, 3.8) is 0 Å². The summed E-state index contributed by atoms with van der Waals surface area (Å²) in [7, 11) is 0. The van der Waals surface area contributed by atoms with Crippen LogP contribution >= 0.6 is 11.8 Å². The van der Waals surface area contributed by atoms with Crippen molar-refractivity contribution in [1.82, 2.24) is 15.2 Å². The fraction of sp³-hybridized carbons (Fsp3) is 0.167. The maximum Gasteiger partial charge on any atom is 0.213 e. The Balaban J connectivity index is 1.94. The lowest BCUT2D eigenvalue weighted by Gasteiger charge is -2.08. The molecule has 0 atom stereocenters. The molecule has 0 aliphatic heterocycles. The fourth-order valence-corrected chi connectivity index (χ4v) is 3.13. The maximum absolute atomic E-state index is 11.5. The van der Waals surface area contributed by atoms with Crippen molar-refractivity contribution >= 4 is 34.6 Å². The molecular formula is C18H16N3O2S-. The number of thioether (sulfide) groups is 1. The van der Waals surface area contributed by atoms with E-state index in [4.69, 9.17) is 0 Å². The number of hydrogen-bond acceptors (Lipinski definition) is 5. The summed E-state index contributed by atoms with van der Waals surface area (Å²) in [6, 6.07) is 13.6. The third kappa shape index (κ3) is 3.65. The first-order chi connectivity index (χ1) is 11.7. The van der Waals surface area contributed by atoms with Crippen LogP contribution in [-0.2, 0) is 11.2 Å². The van der Waals surface area contributed by atoms with Gasteiger partial charge in [0.25, 0.3) is 0 Å². The number of nitrogens with one attached hydrogen (secondary N) is 1. The molecule has 5 nitrogen and oxygen atoms in total. The molecule has 0 saturated heterocycles. The third-order valence-electron chi connectivity index (χ3n) is 3.51. The maximum atomic E-state index is 11.5. The minimum absolute atomic E-state index is 0.0772. The van der Waals surface area contributed by atoms with Crippen LogP contribution in [0.25, 0.3) is 16.8 Å². The summed E-state index contributed by atoms with van der Waals surface area (Å²) in [6.07, 6.45) is 3.33. The monoisotopic (exact) mass is 338 g/mol. The summed E-state index contributed by atoms with van der Waals surface area (Å²) in [4.78, 5) is 15.9. The van der Waals surface area contributed by atoms with Gasteiger partial charge >= 0.3 is 0 Å². The number of rotatable bonds is 6. The molecule has 3 aromatic rings. The lowest BCUT2D eigenvalue weighted by molar-refractivity contribution is -0.297. The zero-order valence-electron chi connectivity index (χ0n) is 13.2. The number of H-pyrrole nitrogens is 1. The average molecular weight is 338 g/mol. The van der Waals surface area contributed by atoms with Crippen LogP contribution in [0.1, 0.15) is 24.7 Å². The van der Waals surface area contributed by atoms with E-state index in [0.29, 0.717) is 5.16 Å². The molecular weight excluding hydrogens is 322 g/mol. The van der Waals surface area contributed by atoms with Crippen LogP contribution in [0.4, 0.5) is 0 Å². The highest BCUT2D eigenvalue weighted by atomic mass is 32.2. The Morgan fingerprint density at radius 3 is 2.83 bits per heavy atom. The number of hydrogen-bond donors (Lipinski definition) is 1. The number of aliphatic carboxylic acids is 1. The van der Waals surface area contributed by atoms with E-state index in [1.165, 1.54) is 0 Å². The number of nitrogens with zero attached hydrogens (tertiary/aromatic N) is 2. The number of aryl methyl sites for hydroxylation is 1. The first-order valence-electron chi connectivity index (χ1n) is 7.67. The molecule has 0 unspecified atom stereocenters. The summed E-state index contributed by atoms with van der Waals surface area (Å²) >= 11 is 0.992. The molecule has 0 saturated carbocycles. The average Bonchev–Trinajstić information content (AvgIpc) is 3.02. The molecule has 0 spiro atoms. The number of benzene rings is 2. The van der Waals surface area contributed by atoms with Gasteiger partial charge in [-0.25, -0.2) is 4.98 Å². The molecule has 24 heavy (non-hydrogen) atoms. The van der Waals surface area contributed by atoms with Crippen LogP contribution in [0.2, 0.25) is 0 Å². The summed E-state index contributed by atoms with van der Waals surface area (Å²) in [5.74, 6) is -0.488. The second kappa shape index (κ2) is 7.31. The van der Waals surface area contributed by atoms with Gasteiger partial charge in [0.1, 0.15) is 5.82 Å². The quantitative estimate of drug-likeness (QED) is 0.552. The van der Waals surface area contributed by atoms with E-state index in [9.17, 15) is 9.90 Å². The topological polar surface area (TPSA) is 81.7 Å². The smallest absolute Gasteiger partial charge is 0.213 e. The number of aromatic amines is 1. The van der Waals surface area contributed by atoms with Crippen LogP contribution in [0.3, 0.4) is 0 Å². The van der Waals surface area contributed by atoms with Gasteiger partial charge < -0.3 is 9.90 Å². The molecule has 0 amide bonds. The van der Waals surface area contributed by atoms with Crippen LogP contribution in [-0.4, -0.2) is 21.2 Å². The molecule has 1 N–H and O–H groups in total. The molecule has 0 radical (unpaired) electrons. The van der Waals surface area contributed by atoms with Crippen LogP contribution < -0.4 is 5.11 Å². The van der Waals surface area contributed by atoms with Gasteiger partial charge in [-0.3, -0.25) is 5.10 Å². The van der Waals surface area contributed by atoms with E-state index in [2.05, 4.69) is 15.2 Å². The molecule has 0 aliphatic rings. The number of carboxylic acid groups (broad SMARTS) is 1. The van der Waals surface area contributed by atoms with Crippen molar-refractivity contribution in [3.8, 4) is 0 Å². The molecule has 1 heterocycles. The van der Waals surface area contributed by atoms with E-state index < -0.39 is 5.97 Å². The molecule has 0 aliphatic carbocycles. The van der Waals surface area contributed by atoms with Gasteiger partial charge in [0.05, 0.1) is 5.97 Å². The predicted octanol–water partition coefficient (Wildman–Crippen LogP) is 2.79. The van der Waals surface area contributed by atoms with Gasteiger partial charge in [-0.05, 0) is 40.6 Å². The van der Waals surface area contributed by atoms with E-state index in [-0.39, 0.29) is 4.91 Å². The Bertz CT molecular complexity index is 897. The minimum Gasteiger partial charge on any atom is -0.544 e. The predicted molar refractivity (Wildman–Crippen MR) is 93.2 cm³/mol. The van der Waals surface area contributed by atoms with Crippen LogP contribution in [0.5, 0.6) is 0 Å². The second-order valence-electron chi connectivity index (χ2n) is 5.28. The second-order valence-corrected chi connectivity index (χ2v) is 6.29. The Hall–Kier alpha value is -2.60. The molecule has 6 heteroatoms. The lowest BCUT2D eigenvalue weighted by atomic mass is 10.0. The molecule has 0 fully saturated rings. The van der Waals surface area contributed by atoms with Gasteiger partial charge in [0, 0.05) is 11.3 Å². The van der Waals surface area contributed by atoms with Gasteiger partial charge in [-0.15, -0.1) is 5.10 Å². The van der Waals surface area contributed by atoms with Gasteiger partial charge in [-0.1, -0.05) is 49.4 Å². The Labute approximate surface area is 143 Å². The van der Waals surface area contributed by atoms with E-state index >= 15 is 0 Å². The van der Waals surface area contributed by atoms with Crippen molar-refractivity contribution in [2.75, 3.05) is 0 Å². The summed E-state index contributed by atoms with van der Waals surface area (Å²) in [6.45, 7) is 2.04. The highest BCUT2D eigenvalue weighted by Gasteiger charge is 2.09. The SMILES string of the molecule is CCCc1nc(S/C(=C\c2cccc3ccccc23)C(=O)[O-])n[nH]1. The summed E-state index contributed by atoms with van der Waals surface area (Å²) in [5.41, 5.74) is 0.823. The van der Waals surface area contributed by atoms with Gasteiger partial charge in [0.15, 0.2) is 0 Å². The van der Waals surface area contributed by atoms with Crippen LogP contribution in [0.15, 0.2) is 52.5 Å². The number of carbonyl (C=O) groups excluding carboxylic acids is 1. The molecule has 122 valence electrons. The fourth-order valence-electron chi connectivity index (χ4n) is 2.42. The third-order valence-corrected chi connectivity index (χ3v) is 4.38.